The van der Waals surface area contributed by atoms with Crippen LogP contribution in [0.3, 0.4) is 0 Å². The lowest BCUT2D eigenvalue weighted by Crippen LogP contribution is -2.36. The third-order valence-corrected chi connectivity index (χ3v) is 3.32. The average Bonchev–Trinajstić information content (AvgIpc) is 2.97. The zero-order valence-electron chi connectivity index (χ0n) is 12.3. The van der Waals surface area contributed by atoms with E-state index in [0.717, 1.165) is 24.3 Å². The van der Waals surface area contributed by atoms with Crippen molar-refractivity contribution in [1.29, 1.82) is 0 Å². The molecule has 136 valence electrons. The van der Waals surface area contributed by atoms with E-state index in [2.05, 4.69) is 15.1 Å². The minimum Gasteiger partial charge on any atom is -0.475 e. The lowest BCUT2D eigenvalue weighted by molar-refractivity contribution is -0.291. The van der Waals surface area contributed by atoms with Gasteiger partial charge in [-0.15, -0.1) is 5.10 Å². The Kier molecular flexibility index (Phi) is 3.85. The van der Waals surface area contributed by atoms with Gasteiger partial charge in [-0.05, 0) is 30.3 Å². The molecule has 1 aromatic carbocycles. The summed E-state index contributed by atoms with van der Waals surface area (Å²) in [5.74, 6) is -9.55. The summed E-state index contributed by atoms with van der Waals surface area (Å²) in [5, 5.41) is 12.0. The maximum atomic E-state index is 13.9. The van der Waals surface area contributed by atoms with Gasteiger partial charge in [-0.1, -0.05) is 0 Å². The van der Waals surface area contributed by atoms with Gasteiger partial charge in [0.25, 0.3) is 11.6 Å². The number of carbonyl (C=O) groups is 1. The molecule has 3 rings (SSSR count). The van der Waals surface area contributed by atoms with Gasteiger partial charge in [0.15, 0.2) is 0 Å². The number of hydrogen-bond acceptors (Lipinski definition) is 4. The van der Waals surface area contributed by atoms with Crippen LogP contribution < -0.4 is 0 Å². The molecule has 0 fully saturated rings. The molecule has 0 aliphatic heterocycles. The van der Waals surface area contributed by atoms with Crippen LogP contribution >= 0.6 is 0 Å². The first-order valence-corrected chi connectivity index (χ1v) is 6.73. The van der Waals surface area contributed by atoms with Crippen molar-refractivity contribution in [2.45, 2.75) is 12.1 Å². The van der Waals surface area contributed by atoms with Crippen LogP contribution in [-0.4, -0.2) is 36.8 Å². The summed E-state index contributed by atoms with van der Waals surface area (Å²) in [5.41, 5.74) is -2.04. The second-order valence-electron chi connectivity index (χ2n) is 5.06. The Morgan fingerprint density at radius 1 is 1.04 bits per heavy atom. The molecule has 3 aromatic rings. The number of carboxylic acid groups (broad SMARTS) is 1. The molecule has 0 aliphatic carbocycles. The second-order valence-corrected chi connectivity index (χ2v) is 5.06. The van der Waals surface area contributed by atoms with Crippen LogP contribution in [0, 0.1) is 5.82 Å². The third kappa shape index (κ3) is 2.82. The fraction of sp³-hybridized carbons (Fsp3) is 0.143. The van der Waals surface area contributed by atoms with Crippen molar-refractivity contribution < 1.29 is 36.2 Å². The van der Waals surface area contributed by atoms with Gasteiger partial charge < -0.3 is 5.11 Å². The summed E-state index contributed by atoms with van der Waals surface area (Å²) in [7, 11) is 0. The third-order valence-electron chi connectivity index (χ3n) is 3.32. The predicted molar refractivity (Wildman–Crippen MR) is 73.1 cm³/mol. The Bertz CT molecular complexity index is 997. The van der Waals surface area contributed by atoms with Gasteiger partial charge in [-0.2, -0.15) is 31.5 Å². The highest BCUT2D eigenvalue weighted by molar-refractivity contribution is 5.83. The summed E-state index contributed by atoms with van der Waals surface area (Å²) in [4.78, 5) is 18.0. The van der Waals surface area contributed by atoms with Crippen molar-refractivity contribution in [3.8, 4) is 11.3 Å². The van der Waals surface area contributed by atoms with E-state index in [1.807, 2.05) is 0 Å². The number of fused-ring (bicyclic) bond motifs is 1. The molecule has 0 aliphatic rings. The van der Waals surface area contributed by atoms with Crippen LogP contribution in [0.15, 0.2) is 30.3 Å². The summed E-state index contributed by atoms with van der Waals surface area (Å²) < 4.78 is 79.2. The van der Waals surface area contributed by atoms with Crippen LogP contribution in [0.4, 0.5) is 26.3 Å². The molecule has 0 bridgehead atoms. The molecule has 0 saturated carbocycles. The van der Waals surface area contributed by atoms with Gasteiger partial charge in [0, 0.05) is 5.56 Å². The van der Waals surface area contributed by atoms with Crippen molar-refractivity contribution in [2.24, 2.45) is 0 Å². The highest BCUT2D eigenvalue weighted by atomic mass is 19.4. The second kappa shape index (κ2) is 5.68. The van der Waals surface area contributed by atoms with Gasteiger partial charge in [-0.25, -0.2) is 14.2 Å². The van der Waals surface area contributed by atoms with E-state index in [-0.39, 0.29) is 15.8 Å². The van der Waals surface area contributed by atoms with Crippen LogP contribution in [0.1, 0.15) is 16.3 Å². The fourth-order valence-electron chi connectivity index (χ4n) is 2.10. The topological polar surface area (TPSA) is 80.4 Å². The van der Waals surface area contributed by atoms with Crippen molar-refractivity contribution in [3.05, 3.63) is 47.7 Å². The minimum absolute atomic E-state index is 0.0178. The number of hydrogen-bond donors (Lipinski definition) is 1. The smallest absolute Gasteiger partial charge is 0.459 e. The summed E-state index contributed by atoms with van der Waals surface area (Å²) in [6.45, 7) is 0. The molecule has 0 spiro atoms. The molecular formula is C14H6F6N4O2. The monoisotopic (exact) mass is 376 g/mol. The molecule has 2 aromatic heterocycles. The van der Waals surface area contributed by atoms with Crippen LogP contribution in [0.2, 0.25) is 0 Å². The van der Waals surface area contributed by atoms with Crippen molar-refractivity contribution in [1.82, 2.24) is 19.6 Å². The van der Waals surface area contributed by atoms with E-state index in [4.69, 9.17) is 5.11 Å². The van der Waals surface area contributed by atoms with Gasteiger partial charge in [-0.3, -0.25) is 0 Å². The maximum Gasteiger partial charge on any atom is 0.459 e. The predicted octanol–water partition coefficient (Wildman–Crippen LogP) is 3.28. The zero-order valence-corrected chi connectivity index (χ0v) is 12.3. The maximum absolute atomic E-state index is 13.9. The molecule has 26 heavy (non-hydrogen) atoms. The van der Waals surface area contributed by atoms with Crippen LogP contribution in [-0.2, 0) is 5.92 Å². The Morgan fingerprint density at radius 3 is 2.19 bits per heavy atom. The van der Waals surface area contributed by atoms with E-state index < -0.39 is 41.2 Å². The van der Waals surface area contributed by atoms with Gasteiger partial charge in [0.1, 0.15) is 11.5 Å². The Labute approximate surface area is 139 Å². The molecular weight excluding hydrogens is 370 g/mol. The Morgan fingerprint density at radius 2 is 1.65 bits per heavy atom. The standard InChI is InChI=1S/C14H6F6N4O2/c15-7-3-1-6(2-4-7)8-5-9(13(16,17)14(18,19)20)24-12(21-8)22-10(23-24)11(25)26/h1-5H,(H,25,26). The zero-order chi connectivity index (χ0) is 19.3. The number of aromatic carboxylic acids is 1. The fourth-order valence-corrected chi connectivity index (χ4v) is 2.10. The molecule has 2 heterocycles. The normalized spacial score (nSPS) is 12.5. The highest BCUT2D eigenvalue weighted by Crippen LogP contribution is 2.44. The van der Waals surface area contributed by atoms with Crippen molar-refractivity contribution >= 4 is 11.7 Å². The molecule has 0 atom stereocenters. The summed E-state index contributed by atoms with van der Waals surface area (Å²) >= 11 is 0. The quantitative estimate of drug-likeness (QED) is 0.710. The van der Waals surface area contributed by atoms with E-state index in [9.17, 15) is 31.1 Å². The van der Waals surface area contributed by atoms with Crippen molar-refractivity contribution in [3.63, 3.8) is 0 Å². The van der Waals surface area contributed by atoms with E-state index in [1.165, 1.54) is 0 Å². The van der Waals surface area contributed by atoms with Gasteiger partial charge in [0.2, 0.25) is 0 Å². The molecule has 0 saturated heterocycles. The highest BCUT2D eigenvalue weighted by Gasteiger charge is 2.60. The molecule has 0 radical (unpaired) electrons. The lowest BCUT2D eigenvalue weighted by atomic mass is 10.1. The molecule has 0 amide bonds. The summed E-state index contributed by atoms with van der Waals surface area (Å²) in [6.07, 6.45) is -5.98. The molecule has 6 nitrogen and oxygen atoms in total. The van der Waals surface area contributed by atoms with E-state index >= 15 is 0 Å². The van der Waals surface area contributed by atoms with Gasteiger partial charge >= 0.3 is 18.1 Å². The number of aromatic nitrogens is 4. The minimum atomic E-state index is -5.98. The lowest BCUT2D eigenvalue weighted by Gasteiger charge is -2.20. The van der Waals surface area contributed by atoms with E-state index in [0.29, 0.717) is 6.07 Å². The number of alkyl halides is 5. The number of halogens is 6. The molecule has 1 N–H and O–H groups in total. The average molecular weight is 376 g/mol. The van der Waals surface area contributed by atoms with Crippen LogP contribution in [0.5, 0.6) is 0 Å². The number of nitrogens with zero attached hydrogens (tertiary/aromatic N) is 4. The molecule has 0 unspecified atom stereocenters. The number of carboxylic acids is 1. The Balaban J connectivity index is 2.32. The summed E-state index contributed by atoms with van der Waals surface area (Å²) in [6, 6.07) is 4.52. The first-order chi connectivity index (χ1) is 12.0. The molecule has 12 heteroatoms. The van der Waals surface area contributed by atoms with Gasteiger partial charge in [0.05, 0.1) is 5.69 Å². The SMILES string of the molecule is O=C(O)c1nc2nc(-c3ccc(F)cc3)cc(C(F)(F)C(F)(F)F)n2n1. The first kappa shape index (κ1) is 17.6. The van der Waals surface area contributed by atoms with Crippen molar-refractivity contribution in [2.75, 3.05) is 0 Å². The number of rotatable bonds is 3. The largest absolute Gasteiger partial charge is 0.475 e. The first-order valence-electron chi connectivity index (χ1n) is 6.73. The Hall–Kier alpha value is -3.18. The van der Waals surface area contributed by atoms with Crippen LogP contribution in [0.25, 0.3) is 17.0 Å². The number of benzene rings is 1. The van der Waals surface area contributed by atoms with E-state index in [1.54, 1.807) is 0 Å².